The van der Waals surface area contributed by atoms with E-state index >= 15 is 0 Å². The SMILES string of the molecule is O=P(O)(O)OC1C(O)[C@@H](OO)[C@@H](O)C(O)[C@@H]1O. The van der Waals surface area contributed by atoms with Crippen LogP contribution in [0, 0.1) is 0 Å². The minimum atomic E-state index is -5.04. The minimum absolute atomic E-state index is 1.77. The molecule has 11 heteroatoms. The predicted molar refractivity (Wildman–Crippen MR) is 48.4 cm³/mol. The molecule has 1 aliphatic rings. The number of rotatable bonds is 3. The Bertz CT molecular complexity index is 303. The molecule has 0 spiro atoms. The van der Waals surface area contributed by atoms with Gasteiger partial charge in [0.1, 0.15) is 36.6 Å². The number of phosphoric acid groups is 1. The van der Waals surface area contributed by atoms with Crippen molar-refractivity contribution in [1.29, 1.82) is 0 Å². The molecular weight excluding hydrogens is 263 g/mol. The van der Waals surface area contributed by atoms with E-state index in [1.54, 1.807) is 0 Å². The first-order valence-electron chi connectivity index (χ1n) is 4.45. The van der Waals surface area contributed by atoms with E-state index in [0.29, 0.717) is 0 Å². The molecule has 0 aromatic carbocycles. The highest BCUT2D eigenvalue weighted by Gasteiger charge is 2.52. The Morgan fingerprint density at radius 2 is 1.29 bits per heavy atom. The molecule has 1 saturated carbocycles. The molecule has 0 heterocycles. The van der Waals surface area contributed by atoms with Crippen LogP contribution in [0.1, 0.15) is 0 Å². The second-order valence-corrected chi connectivity index (χ2v) is 4.78. The summed E-state index contributed by atoms with van der Waals surface area (Å²) in [7, 11) is -5.04. The lowest BCUT2D eigenvalue weighted by molar-refractivity contribution is -0.346. The highest BCUT2D eigenvalue weighted by molar-refractivity contribution is 7.46. The Kier molecular flexibility index (Phi) is 4.60. The maximum atomic E-state index is 10.6. The van der Waals surface area contributed by atoms with Crippen molar-refractivity contribution in [1.82, 2.24) is 0 Å². The van der Waals surface area contributed by atoms with Crippen LogP contribution in [0.4, 0.5) is 0 Å². The van der Waals surface area contributed by atoms with Gasteiger partial charge in [-0.3, -0.25) is 9.78 Å². The Morgan fingerprint density at radius 1 is 0.824 bits per heavy atom. The molecule has 0 amide bonds. The molecule has 10 nitrogen and oxygen atoms in total. The predicted octanol–water partition coefficient (Wildman–Crippen LogP) is -3.22. The van der Waals surface area contributed by atoms with Gasteiger partial charge in [0, 0.05) is 0 Å². The van der Waals surface area contributed by atoms with Crippen LogP contribution in [0.15, 0.2) is 0 Å². The van der Waals surface area contributed by atoms with Gasteiger partial charge >= 0.3 is 7.82 Å². The number of phosphoric ester groups is 1. The molecule has 0 aromatic rings. The Morgan fingerprint density at radius 3 is 1.71 bits per heavy atom. The summed E-state index contributed by atoms with van der Waals surface area (Å²) < 4.78 is 14.6. The Labute approximate surface area is 94.8 Å². The third-order valence-corrected chi connectivity index (χ3v) is 2.95. The van der Waals surface area contributed by atoms with E-state index in [0.717, 1.165) is 0 Å². The van der Waals surface area contributed by atoms with Crippen molar-refractivity contribution < 1.29 is 49.4 Å². The van der Waals surface area contributed by atoms with Crippen molar-refractivity contribution >= 4 is 7.82 Å². The first kappa shape index (κ1) is 14.9. The first-order chi connectivity index (χ1) is 7.69. The van der Waals surface area contributed by atoms with E-state index < -0.39 is 44.4 Å². The molecule has 102 valence electrons. The van der Waals surface area contributed by atoms with Crippen LogP contribution in [-0.4, -0.2) is 72.1 Å². The maximum absolute atomic E-state index is 10.6. The molecule has 17 heavy (non-hydrogen) atoms. The highest BCUT2D eigenvalue weighted by atomic mass is 31.2. The van der Waals surface area contributed by atoms with E-state index in [2.05, 4.69) is 9.41 Å². The largest absolute Gasteiger partial charge is 0.470 e. The second-order valence-electron chi connectivity index (χ2n) is 3.59. The number of hydrogen-bond acceptors (Lipinski definition) is 8. The van der Waals surface area contributed by atoms with E-state index in [1.165, 1.54) is 0 Å². The van der Waals surface area contributed by atoms with Gasteiger partial charge in [-0.1, -0.05) is 0 Å². The fourth-order valence-electron chi connectivity index (χ4n) is 1.59. The quantitative estimate of drug-likeness (QED) is 0.157. The van der Waals surface area contributed by atoms with Gasteiger partial charge in [-0.05, 0) is 0 Å². The molecule has 3 unspecified atom stereocenters. The fraction of sp³-hybridized carbons (Fsp3) is 1.00. The van der Waals surface area contributed by atoms with Crippen molar-refractivity contribution in [2.24, 2.45) is 0 Å². The average Bonchev–Trinajstić information content (AvgIpc) is 2.21. The molecule has 7 N–H and O–H groups in total. The van der Waals surface area contributed by atoms with Crippen LogP contribution in [0.3, 0.4) is 0 Å². The molecule has 1 fully saturated rings. The molecule has 0 radical (unpaired) electrons. The van der Waals surface area contributed by atoms with Gasteiger partial charge in [0.15, 0.2) is 0 Å². The first-order valence-corrected chi connectivity index (χ1v) is 5.98. The minimum Gasteiger partial charge on any atom is -0.387 e. The van der Waals surface area contributed by atoms with E-state index in [1.807, 2.05) is 0 Å². The van der Waals surface area contributed by atoms with Crippen molar-refractivity contribution in [3.05, 3.63) is 0 Å². The third kappa shape index (κ3) is 3.20. The van der Waals surface area contributed by atoms with Crippen LogP contribution in [-0.2, 0) is 14.0 Å². The van der Waals surface area contributed by atoms with Gasteiger partial charge in [0.2, 0.25) is 0 Å². The zero-order chi connectivity index (χ0) is 13.4. The normalized spacial score (nSPS) is 43.7. The molecule has 1 aliphatic carbocycles. The summed E-state index contributed by atoms with van der Waals surface area (Å²) in [6, 6.07) is 0. The average molecular weight is 276 g/mol. The summed E-state index contributed by atoms with van der Waals surface area (Å²) in [5, 5.41) is 45.8. The van der Waals surface area contributed by atoms with E-state index in [-0.39, 0.29) is 0 Å². The second kappa shape index (κ2) is 5.24. The van der Waals surface area contributed by atoms with Crippen molar-refractivity contribution in [3.63, 3.8) is 0 Å². The molecule has 0 bridgehead atoms. The number of aliphatic hydroxyl groups is 4. The lowest BCUT2D eigenvalue weighted by atomic mass is 9.85. The molecule has 0 aromatic heterocycles. The Balaban J connectivity index is 2.91. The van der Waals surface area contributed by atoms with Gasteiger partial charge in [0.05, 0.1) is 0 Å². The van der Waals surface area contributed by atoms with Crippen LogP contribution >= 0.6 is 7.82 Å². The van der Waals surface area contributed by atoms with Gasteiger partial charge in [-0.25, -0.2) is 9.45 Å². The zero-order valence-electron chi connectivity index (χ0n) is 8.27. The van der Waals surface area contributed by atoms with Crippen LogP contribution in [0.25, 0.3) is 0 Å². The number of hydrogen-bond donors (Lipinski definition) is 7. The van der Waals surface area contributed by atoms with Gasteiger partial charge in [-0.15, -0.1) is 0 Å². The topological polar surface area (TPSA) is 177 Å². The summed E-state index contributed by atoms with van der Waals surface area (Å²) in [6.07, 6.45) is -11.4. The van der Waals surface area contributed by atoms with Crippen LogP contribution in [0.5, 0.6) is 0 Å². The summed E-state index contributed by atoms with van der Waals surface area (Å²) in [6.45, 7) is 0. The molecule has 0 aliphatic heterocycles. The standard InChI is InChI=1S/C6H13O10P/c7-1-2(8)5(15-11)4(10)6(3(1)9)16-17(12,13)14/h1-11H,(H2,12,13,14)/t1?,2-,3-,4?,5-,6?/m0/s1. The lowest BCUT2D eigenvalue weighted by Crippen LogP contribution is -2.64. The summed E-state index contributed by atoms with van der Waals surface area (Å²) in [4.78, 5) is 20.7. The zero-order valence-corrected chi connectivity index (χ0v) is 9.16. The third-order valence-electron chi connectivity index (χ3n) is 2.43. The molecule has 0 saturated heterocycles. The van der Waals surface area contributed by atoms with Crippen molar-refractivity contribution in [3.8, 4) is 0 Å². The van der Waals surface area contributed by atoms with Crippen LogP contribution in [0.2, 0.25) is 0 Å². The van der Waals surface area contributed by atoms with Gasteiger partial charge < -0.3 is 30.2 Å². The molecule has 1 rings (SSSR count). The van der Waals surface area contributed by atoms with Crippen molar-refractivity contribution in [2.75, 3.05) is 0 Å². The lowest BCUT2D eigenvalue weighted by Gasteiger charge is -2.41. The molecule has 6 atom stereocenters. The smallest absolute Gasteiger partial charge is 0.387 e. The van der Waals surface area contributed by atoms with Gasteiger partial charge in [0.25, 0.3) is 0 Å². The fourth-order valence-corrected chi connectivity index (χ4v) is 2.16. The van der Waals surface area contributed by atoms with Gasteiger partial charge in [-0.2, -0.15) is 0 Å². The molecular formula is C6H13O10P. The summed E-state index contributed by atoms with van der Waals surface area (Å²) in [5.74, 6) is 0. The monoisotopic (exact) mass is 276 g/mol. The summed E-state index contributed by atoms with van der Waals surface area (Å²) >= 11 is 0. The van der Waals surface area contributed by atoms with Crippen molar-refractivity contribution in [2.45, 2.75) is 36.6 Å². The summed E-state index contributed by atoms with van der Waals surface area (Å²) in [5.41, 5.74) is 0. The van der Waals surface area contributed by atoms with E-state index in [4.69, 9.17) is 15.0 Å². The maximum Gasteiger partial charge on any atom is 0.470 e. The highest BCUT2D eigenvalue weighted by Crippen LogP contribution is 2.41. The van der Waals surface area contributed by atoms with E-state index in [9.17, 15) is 25.0 Å². The Hall–Kier alpha value is -0.130. The number of aliphatic hydroxyl groups excluding tert-OH is 4. The van der Waals surface area contributed by atoms with Crippen LogP contribution < -0.4 is 0 Å².